The SMILES string of the molecule is Cc1c(-c2cccc(OCCCC(N)=O)c2F)c(=O)n(CC(NC(=O)OC(C)(C)C)c2ccccc2)c(=O)n1Cc1c(F)cccc1C(F)(F)F. The number of amides is 2. The normalized spacial score (nSPS) is 12.3. The fraction of sp³-hybridized carbons (Fsp3) is 0.333. The number of primary amides is 1. The Morgan fingerprint density at radius 1 is 0.922 bits per heavy atom. The minimum Gasteiger partial charge on any atom is -0.490 e. The highest BCUT2D eigenvalue weighted by Crippen LogP contribution is 2.34. The number of hydrogen-bond acceptors (Lipinski definition) is 6. The van der Waals surface area contributed by atoms with E-state index < -0.39 is 82.5 Å². The van der Waals surface area contributed by atoms with Gasteiger partial charge >= 0.3 is 18.0 Å². The molecule has 0 saturated heterocycles. The highest BCUT2D eigenvalue weighted by molar-refractivity contribution is 5.73. The van der Waals surface area contributed by atoms with Gasteiger partial charge in [-0.15, -0.1) is 0 Å². The number of carbonyl (C=O) groups is 2. The van der Waals surface area contributed by atoms with Crippen molar-refractivity contribution in [3.63, 3.8) is 0 Å². The second kappa shape index (κ2) is 15.6. The van der Waals surface area contributed by atoms with Crippen molar-refractivity contribution in [3.05, 3.63) is 122 Å². The maximum absolute atomic E-state index is 16.1. The van der Waals surface area contributed by atoms with E-state index in [4.69, 9.17) is 15.2 Å². The lowest BCUT2D eigenvalue weighted by Crippen LogP contribution is -2.46. The molecule has 1 heterocycles. The molecular weight excluding hydrogens is 679 g/mol. The number of aromatic nitrogens is 2. The Labute approximate surface area is 289 Å². The van der Waals surface area contributed by atoms with Crippen molar-refractivity contribution in [1.82, 2.24) is 14.5 Å². The molecule has 51 heavy (non-hydrogen) atoms. The summed E-state index contributed by atoms with van der Waals surface area (Å²) in [5.41, 5.74) is -0.837. The zero-order valence-corrected chi connectivity index (χ0v) is 28.3. The molecule has 4 aromatic rings. The van der Waals surface area contributed by atoms with Crippen molar-refractivity contribution < 1.29 is 41.0 Å². The van der Waals surface area contributed by atoms with Crippen molar-refractivity contribution in [2.24, 2.45) is 5.73 Å². The van der Waals surface area contributed by atoms with Crippen LogP contribution in [0.15, 0.2) is 76.3 Å². The lowest BCUT2D eigenvalue weighted by molar-refractivity contribution is -0.138. The molecule has 272 valence electrons. The number of hydrogen-bond donors (Lipinski definition) is 2. The number of ether oxygens (including phenoxy) is 2. The fourth-order valence-electron chi connectivity index (χ4n) is 5.40. The third-order valence-electron chi connectivity index (χ3n) is 7.74. The first kappa shape index (κ1) is 38.3. The number of rotatable bonds is 12. The average molecular weight is 717 g/mol. The topological polar surface area (TPSA) is 135 Å². The van der Waals surface area contributed by atoms with Crippen LogP contribution < -0.4 is 27.0 Å². The molecule has 1 atom stereocenters. The predicted molar refractivity (Wildman–Crippen MR) is 178 cm³/mol. The first-order valence-corrected chi connectivity index (χ1v) is 15.8. The number of halogens is 5. The summed E-state index contributed by atoms with van der Waals surface area (Å²) in [5, 5.41) is 2.63. The van der Waals surface area contributed by atoms with Crippen LogP contribution >= 0.6 is 0 Å². The van der Waals surface area contributed by atoms with Gasteiger partial charge in [0.2, 0.25) is 5.91 Å². The highest BCUT2D eigenvalue weighted by Gasteiger charge is 2.35. The van der Waals surface area contributed by atoms with Crippen molar-refractivity contribution in [1.29, 1.82) is 0 Å². The van der Waals surface area contributed by atoms with Crippen molar-refractivity contribution >= 4 is 12.0 Å². The van der Waals surface area contributed by atoms with Crippen LogP contribution in [-0.4, -0.2) is 33.3 Å². The number of nitrogens with zero attached hydrogens (tertiary/aromatic N) is 2. The summed E-state index contributed by atoms with van der Waals surface area (Å²) >= 11 is 0. The van der Waals surface area contributed by atoms with Crippen LogP contribution in [0.4, 0.5) is 26.7 Å². The molecule has 0 aliphatic rings. The molecular formula is C36H37F5N4O6. The molecule has 0 bridgehead atoms. The Morgan fingerprint density at radius 2 is 1.59 bits per heavy atom. The Bertz CT molecular complexity index is 2020. The molecule has 0 radical (unpaired) electrons. The minimum atomic E-state index is -5.01. The second-order valence-electron chi connectivity index (χ2n) is 12.7. The largest absolute Gasteiger partial charge is 0.490 e. The van der Waals surface area contributed by atoms with Gasteiger partial charge in [-0.1, -0.05) is 48.5 Å². The van der Waals surface area contributed by atoms with E-state index in [1.54, 1.807) is 51.1 Å². The molecule has 3 N–H and O–H groups in total. The molecule has 0 fully saturated rings. The molecule has 1 aromatic heterocycles. The van der Waals surface area contributed by atoms with Crippen LogP contribution in [0.2, 0.25) is 0 Å². The molecule has 0 spiro atoms. The van der Waals surface area contributed by atoms with E-state index in [-0.39, 0.29) is 36.5 Å². The van der Waals surface area contributed by atoms with Crippen LogP contribution in [0, 0.1) is 18.6 Å². The standard InChI is InChI=1S/C36H37F5N4O6/c1-21-30(23-13-8-16-28(31(23)38)50-18-10-17-29(42)46)32(47)45(20-27(22-11-6-5-7-12-22)43-33(48)51-35(2,3)4)34(49)44(21)19-24-25(36(39,40)41)14-9-15-26(24)37/h5-9,11-16,27H,10,17-20H2,1-4H3,(H2,42,46)(H,43,48). The molecule has 0 aliphatic carbocycles. The number of alkyl carbamates (subject to hydrolysis) is 1. The number of alkyl halides is 3. The third kappa shape index (κ3) is 9.41. The van der Waals surface area contributed by atoms with Crippen LogP contribution in [-0.2, 0) is 28.8 Å². The van der Waals surface area contributed by atoms with Gasteiger partial charge in [0.25, 0.3) is 5.56 Å². The van der Waals surface area contributed by atoms with Gasteiger partial charge in [-0.3, -0.25) is 18.7 Å². The van der Waals surface area contributed by atoms with E-state index in [9.17, 15) is 32.3 Å². The molecule has 1 unspecified atom stereocenters. The quantitative estimate of drug-likeness (QED) is 0.132. The average Bonchev–Trinajstić information content (AvgIpc) is 3.03. The molecule has 0 aliphatic heterocycles. The summed E-state index contributed by atoms with van der Waals surface area (Å²) in [6, 6.07) is 13.2. The van der Waals surface area contributed by atoms with Crippen molar-refractivity contribution in [2.75, 3.05) is 6.61 Å². The van der Waals surface area contributed by atoms with E-state index in [1.807, 2.05) is 0 Å². The van der Waals surface area contributed by atoms with Gasteiger partial charge in [0.05, 0.1) is 36.9 Å². The first-order valence-electron chi connectivity index (χ1n) is 15.8. The smallest absolute Gasteiger partial charge is 0.416 e. The monoisotopic (exact) mass is 716 g/mol. The Hall–Kier alpha value is -5.47. The number of carbonyl (C=O) groups excluding carboxylic acids is 2. The minimum absolute atomic E-state index is 0.0358. The first-order chi connectivity index (χ1) is 23.9. The molecule has 4 rings (SSSR count). The van der Waals surface area contributed by atoms with Gasteiger partial charge in [0.15, 0.2) is 11.6 Å². The molecule has 3 aromatic carbocycles. The predicted octanol–water partition coefficient (Wildman–Crippen LogP) is 6.24. The van der Waals surface area contributed by atoms with Crippen LogP contribution in [0.5, 0.6) is 5.75 Å². The molecule has 2 amide bonds. The Morgan fingerprint density at radius 3 is 2.22 bits per heavy atom. The maximum Gasteiger partial charge on any atom is 0.416 e. The van der Waals surface area contributed by atoms with Gasteiger partial charge in [-0.2, -0.15) is 13.2 Å². The van der Waals surface area contributed by atoms with Crippen LogP contribution in [0.3, 0.4) is 0 Å². The zero-order valence-electron chi connectivity index (χ0n) is 28.3. The van der Waals surface area contributed by atoms with Gasteiger partial charge < -0.3 is 20.5 Å². The zero-order chi connectivity index (χ0) is 37.7. The fourth-order valence-corrected chi connectivity index (χ4v) is 5.40. The summed E-state index contributed by atoms with van der Waals surface area (Å²) in [4.78, 5) is 52.5. The van der Waals surface area contributed by atoms with E-state index in [0.29, 0.717) is 16.2 Å². The summed E-state index contributed by atoms with van der Waals surface area (Å²) in [6.07, 6.45) is -5.78. The lowest BCUT2D eigenvalue weighted by atomic mass is 10.0. The van der Waals surface area contributed by atoms with E-state index in [1.165, 1.54) is 25.1 Å². The Kier molecular flexibility index (Phi) is 11.7. The third-order valence-corrected chi connectivity index (χ3v) is 7.74. The summed E-state index contributed by atoms with van der Waals surface area (Å²) in [6.45, 7) is 4.42. The van der Waals surface area contributed by atoms with Crippen LogP contribution in [0.25, 0.3) is 11.1 Å². The maximum atomic E-state index is 16.1. The van der Waals surface area contributed by atoms with E-state index in [0.717, 1.165) is 16.7 Å². The second-order valence-corrected chi connectivity index (χ2v) is 12.7. The van der Waals surface area contributed by atoms with Crippen LogP contribution in [0.1, 0.15) is 62.0 Å². The number of nitrogens with one attached hydrogen (secondary N) is 1. The summed E-state index contributed by atoms with van der Waals surface area (Å²) in [5.74, 6) is -3.21. The van der Waals surface area contributed by atoms with Crippen molar-refractivity contribution in [3.8, 4) is 16.9 Å². The van der Waals surface area contributed by atoms with E-state index >= 15 is 8.78 Å². The van der Waals surface area contributed by atoms with Gasteiger partial charge in [0, 0.05) is 23.2 Å². The molecule has 10 nitrogen and oxygen atoms in total. The highest BCUT2D eigenvalue weighted by atomic mass is 19.4. The summed E-state index contributed by atoms with van der Waals surface area (Å²) < 4.78 is 85.6. The van der Waals surface area contributed by atoms with Gasteiger partial charge in [-0.25, -0.2) is 18.4 Å². The molecule has 0 saturated carbocycles. The number of nitrogens with two attached hydrogens (primary N) is 1. The van der Waals surface area contributed by atoms with Gasteiger partial charge in [-0.05, 0) is 57.9 Å². The summed E-state index contributed by atoms with van der Waals surface area (Å²) in [7, 11) is 0. The van der Waals surface area contributed by atoms with E-state index in [2.05, 4.69) is 5.32 Å². The number of benzene rings is 3. The lowest BCUT2D eigenvalue weighted by Gasteiger charge is -2.25. The van der Waals surface area contributed by atoms with Gasteiger partial charge in [0.1, 0.15) is 11.4 Å². The molecule has 15 heteroatoms. The van der Waals surface area contributed by atoms with Crippen molar-refractivity contribution in [2.45, 2.75) is 71.4 Å². The Balaban J connectivity index is 1.95.